The first kappa shape index (κ1) is 15.6. The molecule has 20 heavy (non-hydrogen) atoms. The van der Waals surface area contributed by atoms with Crippen LogP contribution in [0.5, 0.6) is 0 Å². The van der Waals surface area contributed by atoms with Crippen LogP contribution in [0.4, 0.5) is 4.79 Å². The lowest BCUT2D eigenvalue weighted by Crippen LogP contribution is -2.41. The second-order valence-corrected chi connectivity index (χ2v) is 4.59. The maximum absolute atomic E-state index is 11.5. The molecule has 0 saturated carbocycles. The number of nitrogens with one attached hydrogen (secondary N) is 2. The molecule has 0 radical (unpaired) electrons. The van der Waals surface area contributed by atoms with Crippen LogP contribution in [0.15, 0.2) is 6.20 Å². The molecule has 0 saturated heterocycles. The van der Waals surface area contributed by atoms with E-state index in [0.29, 0.717) is 12.5 Å². The number of aromatic nitrogens is 3. The van der Waals surface area contributed by atoms with Crippen LogP contribution < -0.4 is 10.6 Å². The molecule has 0 aliphatic rings. The molecule has 9 heteroatoms. The molecule has 9 nitrogen and oxygen atoms in total. The van der Waals surface area contributed by atoms with Crippen molar-refractivity contribution in [2.75, 3.05) is 6.54 Å². The Morgan fingerprint density at radius 3 is 2.65 bits per heavy atom. The molecule has 1 aromatic rings. The molecule has 0 aliphatic carbocycles. The van der Waals surface area contributed by atoms with Crippen molar-refractivity contribution >= 4 is 17.9 Å². The van der Waals surface area contributed by atoms with Crippen LogP contribution in [0.3, 0.4) is 0 Å². The predicted molar refractivity (Wildman–Crippen MR) is 68.0 cm³/mol. The van der Waals surface area contributed by atoms with Crippen molar-refractivity contribution < 1.29 is 19.5 Å². The number of carboxylic acid groups (broad SMARTS) is 1. The third-order valence-corrected chi connectivity index (χ3v) is 2.32. The van der Waals surface area contributed by atoms with E-state index < -0.39 is 17.9 Å². The van der Waals surface area contributed by atoms with Crippen LogP contribution in [-0.2, 0) is 11.3 Å². The molecule has 1 aromatic heterocycles. The van der Waals surface area contributed by atoms with Crippen LogP contribution in [0.25, 0.3) is 0 Å². The number of imide groups is 1. The summed E-state index contributed by atoms with van der Waals surface area (Å²) in [6.45, 7) is 4.24. The van der Waals surface area contributed by atoms with Crippen molar-refractivity contribution in [3.05, 3.63) is 11.9 Å². The molecule has 3 N–H and O–H groups in total. The maximum Gasteiger partial charge on any atom is 0.358 e. The largest absolute Gasteiger partial charge is 0.476 e. The van der Waals surface area contributed by atoms with E-state index in [1.165, 1.54) is 0 Å². The van der Waals surface area contributed by atoms with Gasteiger partial charge in [-0.2, -0.15) is 0 Å². The van der Waals surface area contributed by atoms with E-state index in [1.807, 2.05) is 13.8 Å². The van der Waals surface area contributed by atoms with Crippen LogP contribution >= 0.6 is 0 Å². The summed E-state index contributed by atoms with van der Waals surface area (Å²) >= 11 is 0. The Bertz CT molecular complexity index is 497. The van der Waals surface area contributed by atoms with E-state index in [0.717, 1.165) is 17.3 Å². The van der Waals surface area contributed by atoms with Crippen molar-refractivity contribution in [1.29, 1.82) is 0 Å². The van der Waals surface area contributed by atoms with Gasteiger partial charge in [0.05, 0.1) is 6.20 Å². The van der Waals surface area contributed by atoms with Gasteiger partial charge in [0.25, 0.3) is 0 Å². The molecule has 0 fully saturated rings. The van der Waals surface area contributed by atoms with Crippen molar-refractivity contribution in [2.24, 2.45) is 5.92 Å². The third kappa shape index (κ3) is 5.46. The van der Waals surface area contributed by atoms with E-state index in [1.54, 1.807) is 0 Å². The smallest absolute Gasteiger partial charge is 0.358 e. The van der Waals surface area contributed by atoms with Crippen molar-refractivity contribution in [1.82, 2.24) is 25.6 Å². The molecule has 0 unspecified atom stereocenters. The number of hydrogen-bond donors (Lipinski definition) is 3. The van der Waals surface area contributed by atoms with Crippen molar-refractivity contribution in [2.45, 2.75) is 26.8 Å². The lowest BCUT2D eigenvalue weighted by Gasteiger charge is -2.07. The highest BCUT2D eigenvalue weighted by Gasteiger charge is 2.12. The monoisotopic (exact) mass is 283 g/mol. The second kappa shape index (κ2) is 7.22. The average molecular weight is 283 g/mol. The number of carbonyl (C=O) groups is 3. The number of hydrogen-bond acceptors (Lipinski definition) is 5. The van der Waals surface area contributed by atoms with E-state index >= 15 is 0 Å². The first-order chi connectivity index (χ1) is 9.38. The van der Waals surface area contributed by atoms with Gasteiger partial charge in [-0.25, -0.2) is 14.3 Å². The quantitative estimate of drug-likeness (QED) is 0.666. The summed E-state index contributed by atoms with van der Waals surface area (Å²) in [5, 5.41) is 20.1. The van der Waals surface area contributed by atoms with E-state index in [4.69, 9.17) is 5.11 Å². The molecule has 0 spiro atoms. The zero-order valence-corrected chi connectivity index (χ0v) is 11.3. The Morgan fingerprint density at radius 1 is 1.40 bits per heavy atom. The summed E-state index contributed by atoms with van der Waals surface area (Å²) in [4.78, 5) is 33.4. The van der Waals surface area contributed by atoms with E-state index in [9.17, 15) is 14.4 Å². The van der Waals surface area contributed by atoms with E-state index in [2.05, 4.69) is 20.9 Å². The van der Waals surface area contributed by atoms with Gasteiger partial charge in [0.1, 0.15) is 6.54 Å². The zero-order chi connectivity index (χ0) is 15.1. The summed E-state index contributed by atoms with van der Waals surface area (Å²) in [6, 6.07) is -0.589. The van der Waals surface area contributed by atoms with Crippen LogP contribution in [0.2, 0.25) is 0 Å². The molecule has 0 aliphatic heterocycles. The molecule has 0 aromatic carbocycles. The standard InChI is InChI=1S/C11H17N5O4/c1-7(2)3-4-12-11(20)13-9(17)6-16-5-8(10(18)19)14-15-16/h5,7H,3-4,6H2,1-2H3,(H,18,19)(H2,12,13,17,20). The van der Waals surface area contributed by atoms with Crippen LogP contribution in [0, 0.1) is 5.92 Å². The minimum absolute atomic E-state index is 0.265. The van der Waals surface area contributed by atoms with E-state index in [-0.39, 0.29) is 12.2 Å². The van der Waals surface area contributed by atoms with Gasteiger partial charge < -0.3 is 10.4 Å². The van der Waals surface area contributed by atoms with Crippen LogP contribution in [0.1, 0.15) is 30.8 Å². The van der Waals surface area contributed by atoms with Gasteiger partial charge >= 0.3 is 12.0 Å². The normalized spacial score (nSPS) is 10.3. The molecule has 1 heterocycles. The SMILES string of the molecule is CC(C)CCNC(=O)NC(=O)Cn1cc(C(=O)O)nn1. The fourth-order valence-electron chi connectivity index (χ4n) is 1.31. The zero-order valence-electron chi connectivity index (χ0n) is 11.3. The lowest BCUT2D eigenvalue weighted by atomic mass is 10.1. The molecule has 0 bridgehead atoms. The first-order valence-corrected chi connectivity index (χ1v) is 6.09. The van der Waals surface area contributed by atoms with Gasteiger partial charge in [-0.3, -0.25) is 10.1 Å². The Labute approximate surface area is 115 Å². The van der Waals surface area contributed by atoms with Crippen molar-refractivity contribution in [3.8, 4) is 0 Å². The minimum Gasteiger partial charge on any atom is -0.476 e. The minimum atomic E-state index is -1.23. The fourth-order valence-corrected chi connectivity index (χ4v) is 1.31. The number of urea groups is 1. The summed E-state index contributed by atoms with van der Waals surface area (Å²) in [6.07, 6.45) is 1.92. The number of rotatable bonds is 6. The summed E-state index contributed by atoms with van der Waals surface area (Å²) < 4.78 is 1.04. The highest BCUT2D eigenvalue weighted by molar-refractivity contribution is 5.94. The molecule has 1 rings (SSSR count). The molecule has 110 valence electrons. The Kier molecular flexibility index (Phi) is 5.63. The Balaban J connectivity index is 2.35. The first-order valence-electron chi connectivity index (χ1n) is 6.09. The van der Waals surface area contributed by atoms with Gasteiger partial charge in [0.2, 0.25) is 5.91 Å². The Morgan fingerprint density at radius 2 is 2.10 bits per heavy atom. The topological polar surface area (TPSA) is 126 Å². The highest BCUT2D eigenvalue weighted by Crippen LogP contribution is 1.96. The summed E-state index contributed by atoms with van der Waals surface area (Å²) in [5.41, 5.74) is -0.265. The number of nitrogens with zero attached hydrogens (tertiary/aromatic N) is 3. The van der Waals surface area contributed by atoms with Gasteiger partial charge in [0, 0.05) is 6.54 Å². The number of carboxylic acids is 1. The van der Waals surface area contributed by atoms with Crippen LogP contribution in [-0.4, -0.2) is 44.6 Å². The average Bonchev–Trinajstić information content (AvgIpc) is 2.76. The maximum atomic E-state index is 11.5. The Hall–Kier alpha value is -2.45. The number of carbonyl (C=O) groups excluding carboxylic acids is 2. The number of amides is 3. The van der Waals surface area contributed by atoms with Gasteiger partial charge in [-0.1, -0.05) is 19.1 Å². The lowest BCUT2D eigenvalue weighted by molar-refractivity contribution is -0.120. The molecular formula is C11H17N5O4. The van der Waals surface area contributed by atoms with Gasteiger partial charge in [-0.15, -0.1) is 5.10 Å². The third-order valence-electron chi connectivity index (χ3n) is 2.32. The van der Waals surface area contributed by atoms with Crippen molar-refractivity contribution in [3.63, 3.8) is 0 Å². The number of aromatic carboxylic acids is 1. The highest BCUT2D eigenvalue weighted by atomic mass is 16.4. The molecule has 3 amide bonds. The fraction of sp³-hybridized carbons (Fsp3) is 0.545. The molecule has 0 atom stereocenters. The summed E-state index contributed by atoms with van der Waals surface area (Å²) in [7, 11) is 0. The molecular weight excluding hydrogens is 266 g/mol. The predicted octanol–water partition coefficient (Wildman–Crippen LogP) is -0.152. The van der Waals surface area contributed by atoms with Gasteiger partial charge in [-0.05, 0) is 12.3 Å². The second-order valence-electron chi connectivity index (χ2n) is 4.59. The summed E-state index contributed by atoms with van der Waals surface area (Å²) in [5.74, 6) is -1.38. The van der Waals surface area contributed by atoms with Gasteiger partial charge in [0.15, 0.2) is 5.69 Å².